The van der Waals surface area contributed by atoms with Crippen LogP contribution in [0.2, 0.25) is 0 Å². The number of hydrogen-bond donors (Lipinski definition) is 3. The van der Waals surface area contributed by atoms with E-state index in [2.05, 4.69) is 54.8 Å². The highest BCUT2D eigenvalue weighted by atomic mass is 16.5. The predicted molar refractivity (Wildman–Crippen MR) is 258 cm³/mol. The Hall–Kier alpha value is -6.26. The minimum Gasteiger partial charge on any atom is -0.508 e. The van der Waals surface area contributed by atoms with Crippen molar-refractivity contribution < 1.29 is 43.3 Å². The van der Waals surface area contributed by atoms with E-state index in [9.17, 15) is 29.1 Å². The van der Waals surface area contributed by atoms with Gasteiger partial charge in [0.25, 0.3) is 5.91 Å². The maximum atomic E-state index is 14.8. The van der Waals surface area contributed by atoms with Crippen LogP contribution in [-0.2, 0) is 52.8 Å². The maximum absolute atomic E-state index is 14.8. The van der Waals surface area contributed by atoms with E-state index in [0.29, 0.717) is 61.2 Å². The zero-order valence-corrected chi connectivity index (χ0v) is 40.9. The highest BCUT2D eigenvalue weighted by Gasteiger charge is 2.40. The number of esters is 1. The van der Waals surface area contributed by atoms with Gasteiger partial charge in [0.05, 0.1) is 42.6 Å². The Balaban J connectivity index is 1.35. The highest BCUT2D eigenvalue weighted by Crippen LogP contribution is 2.45. The first kappa shape index (κ1) is 49.6. The van der Waals surface area contributed by atoms with Gasteiger partial charge in [0, 0.05) is 80.9 Å². The van der Waals surface area contributed by atoms with Gasteiger partial charge in [0.15, 0.2) is 0 Å². The molecule has 2 saturated heterocycles. The standard InChI is InChI=1S/C52H67N7O9/c1-11-44(61)57-20-17-33(28-57)49(63)56(8)46(30(3)4)48(62)54-41-23-32-21-34(24-35(60)22-32)37-25-38-39(27-52(6,7)29-68-51(65)40-16-14-19-59(55-40)50(41)64)47(58(12-2)42(38)26-43(37)67-10)36-15-13-18-53-45(36)31(5)66-9/h11,13,15,18,21-22,24-26,30-31,33,40-41,46,55,60H,1,12,14,16-17,19-20,23,27-29H2,2-10H3,(H,54,62)/t31-,33-,40-,41-,46-/m0/s1. The van der Waals surface area contributed by atoms with Gasteiger partial charge in [0.1, 0.15) is 29.6 Å². The summed E-state index contributed by atoms with van der Waals surface area (Å²) in [6.45, 7) is 17.0. The summed E-state index contributed by atoms with van der Waals surface area (Å²) in [4.78, 5) is 77.4. The molecule has 2 fully saturated rings. The molecule has 6 bridgehead atoms. The molecule has 3 aliphatic heterocycles. The van der Waals surface area contributed by atoms with Crippen LogP contribution in [0.1, 0.15) is 83.7 Å². The summed E-state index contributed by atoms with van der Waals surface area (Å²) < 4.78 is 20.3. The van der Waals surface area contributed by atoms with Crippen molar-refractivity contribution in [2.24, 2.45) is 17.3 Å². The number of amides is 4. The van der Waals surface area contributed by atoms with E-state index >= 15 is 0 Å². The predicted octanol–water partition coefficient (Wildman–Crippen LogP) is 5.98. The molecule has 3 aliphatic rings. The third-order valence-electron chi connectivity index (χ3n) is 13.7. The van der Waals surface area contributed by atoms with Gasteiger partial charge in [-0.15, -0.1) is 0 Å². The summed E-state index contributed by atoms with van der Waals surface area (Å²) >= 11 is 0. The van der Waals surface area contributed by atoms with Gasteiger partial charge in [-0.2, -0.15) is 0 Å². The molecule has 0 saturated carbocycles. The number of pyridine rings is 1. The van der Waals surface area contributed by atoms with Crippen molar-refractivity contribution in [1.29, 1.82) is 0 Å². The molecule has 16 nitrogen and oxygen atoms in total. The third-order valence-corrected chi connectivity index (χ3v) is 13.7. The maximum Gasteiger partial charge on any atom is 0.324 e. The van der Waals surface area contributed by atoms with Crippen molar-refractivity contribution >= 4 is 40.5 Å². The molecule has 0 radical (unpaired) electrons. The quantitative estimate of drug-likeness (QED) is 0.119. The average Bonchev–Trinajstić information content (AvgIpc) is 3.93. The van der Waals surface area contributed by atoms with Gasteiger partial charge in [-0.3, -0.25) is 34.0 Å². The first-order valence-electron chi connectivity index (χ1n) is 23.7. The number of aromatic nitrogens is 2. The number of hydrazine groups is 1. The number of aryl methyl sites for hydroxylation is 1. The molecule has 4 aromatic rings. The lowest BCUT2D eigenvalue weighted by molar-refractivity contribution is -0.155. The fraction of sp³-hybridized carbons (Fsp3) is 0.500. The average molecular weight is 934 g/mol. The summed E-state index contributed by atoms with van der Waals surface area (Å²) in [6, 6.07) is 10.1. The topological polar surface area (TPSA) is 185 Å². The minimum absolute atomic E-state index is 0.0508. The number of likely N-dealkylation sites (tertiary alicyclic amines) is 1. The molecule has 0 aliphatic carbocycles. The number of aromatic hydroxyl groups is 1. The normalized spacial score (nSPS) is 20.6. The molecule has 0 spiro atoms. The summed E-state index contributed by atoms with van der Waals surface area (Å²) in [5.74, 6) is -2.46. The van der Waals surface area contributed by atoms with Crippen LogP contribution >= 0.6 is 0 Å². The number of likely N-dealkylation sites (N-methyl/N-ethyl adjacent to an activating group) is 1. The minimum atomic E-state index is -1.20. The number of nitrogens with one attached hydrogen (secondary N) is 2. The van der Waals surface area contributed by atoms with Gasteiger partial charge >= 0.3 is 5.97 Å². The van der Waals surface area contributed by atoms with Gasteiger partial charge in [0.2, 0.25) is 17.7 Å². The number of fused-ring (bicyclic) bond motifs is 6. The van der Waals surface area contributed by atoms with E-state index in [1.165, 1.54) is 16.0 Å². The highest BCUT2D eigenvalue weighted by molar-refractivity contribution is 5.98. The summed E-state index contributed by atoms with van der Waals surface area (Å²) in [5.41, 5.74) is 8.97. The molecule has 2 aromatic carbocycles. The molecule has 5 heterocycles. The van der Waals surface area contributed by atoms with Crippen molar-refractivity contribution in [1.82, 2.24) is 35.1 Å². The van der Waals surface area contributed by atoms with Crippen LogP contribution in [0.4, 0.5) is 0 Å². The van der Waals surface area contributed by atoms with Crippen LogP contribution in [0.25, 0.3) is 33.3 Å². The number of hydrogen-bond acceptors (Lipinski definition) is 11. The second-order valence-corrected chi connectivity index (χ2v) is 19.5. The number of nitrogens with zero attached hydrogens (tertiary/aromatic N) is 5. The molecule has 7 rings (SSSR count). The lowest BCUT2D eigenvalue weighted by Gasteiger charge is -2.37. The van der Waals surface area contributed by atoms with Crippen molar-refractivity contribution in [3.8, 4) is 33.9 Å². The van der Waals surface area contributed by atoms with E-state index in [4.69, 9.17) is 19.2 Å². The molecule has 5 atom stereocenters. The number of ether oxygens (including phenoxy) is 3. The van der Waals surface area contributed by atoms with Crippen LogP contribution in [0, 0.1) is 17.3 Å². The molecule has 68 heavy (non-hydrogen) atoms. The van der Waals surface area contributed by atoms with Crippen LogP contribution in [0.5, 0.6) is 11.5 Å². The zero-order valence-electron chi connectivity index (χ0n) is 40.9. The zero-order chi connectivity index (χ0) is 49.2. The second-order valence-electron chi connectivity index (χ2n) is 19.5. The van der Waals surface area contributed by atoms with Gasteiger partial charge in [-0.1, -0.05) is 40.3 Å². The number of rotatable bonds is 11. The Morgan fingerprint density at radius 2 is 1.85 bits per heavy atom. The summed E-state index contributed by atoms with van der Waals surface area (Å²) in [5, 5.41) is 16.7. The Morgan fingerprint density at radius 1 is 1.09 bits per heavy atom. The number of carbonyl (C=O) groups is 5. The monoisotopic (exact) mass is 934 g/mol. The molecule has 0 unspecified atom stereocenters. The van der Waals surface area contributed by atoms with E-state index in [1.54, 1.807) is 44.5 Å². The first-order chi connectivity index (χ1) is 32.4. The summed E-state index contributed by atoms with van der Waals surface area (Å²) in [6.07, 6.45) is 4.49. The van der Waals surface area contributed by atoms with E-state index in [1.807, 2.05) is 39.0 Å². The fourth-order valence-corrected chi connectivity index (χ4v) is 10.2. The van der Waals surface area contributed by atoms with E-state index < -0.39 is 47.2 Å². The summed E-state index contributed by atoms with van der Waals surface area (Å²) in [7, 11) is 4.84. The van der Waals surface area contributed by atoms with Crippen LogP contribution in [0.15, 0.2) is 61.3 Å². The molecule has 16 heteroatoms. The van der Waals surface area contributed by atoms with Gasteiger partial charge in [-0.25, -0.2) is 5.43 Å². The van der Waals surface area contributed by atoms with E-state index in [0.717, 1.165) is 33.4 Å². The molecule has 4 amide bonds. The molecule has 364 valence electrons. The number of methoxy groups -OCH3 is 2. The Kier molecular flexibility index (Phi) is 15.0. The van der Waals surface area contributed by atoms with Crippen LogP contribution in [0.3, 0.4) is 0 Å². The fourth-order valence-electron chi connectivity index (χ4n) is 10.2. The lowest BCUT2D eigenvalue weighted by atomic mass is 9.84. The Labute approximate surface area is 398 Å². The largest absolute Gasteiger partial charge is 0.508 e. The molecule has 2 aromatic heterocycles. The van der Waals surface area contributed by atoms with Gasteiger partial charge < -0.3 is 39.0 Å². The number of carbonyl (C=O) groups excluding carboxylic acids is 5. The second kappa shape index (κ2) is 20.5. The third kappa shape index (κ3) is 10.1. The lowest BCUT2D eigenvalue weighted by Crippen LogP contribution is -2.62. The number of phenols is 1. The van der Waals surface area contributed by atoms with E-state index in [-0.39, 0.29) is 55.7 Å². The molecule has 3 N–H and O–H groups in total. The van der Waals surface area contributed by atoms with Crippen molar-refractivity contribution in [3.05, 3.63) is 78.1 Å². The van der Waals surface area contributed by atoms with Crippen molar-refractivity contribution in [2.45, 2.75) is 104 Å². The van der Waals surface area contributed by atoms with Crippen molar-refractivity contribution in [2.75, 3.05) is 47.5 Å². The first-order valence-corrected chi connectivity index (χ1v) is 23.7. The van der Waals surface area contributed by atoms with Gasteiger partial charge in [-0.05, 0) is 98.5 Å². The smallest absolute Gasteiger partial charge is 0.324 e. The number of benzene rings is 2. The Bertz CT molecular complexity index is 2590. The van der Waals surface area contributed by atoms with Crippen LogP contribution < -0.4 is 15.5 Å². The van der Waals surface area contributed by atoms with Crippen LogP contribution in [-0.4, -0.2) is 125 Å². The molecular weight excluding hydrogens is 867 g/mol. The SMILES string of the molecule is C=CC(=O)N1CC[C@H](C(=O)N(C)[C@H](C(=O)N[C@H]2Cc3cc(O)cc(c3)-c3cc4c(c(-c5cccnc5[C@H](C)OC)n(CC)c4cc3OC)CC(C)(C)COC(=O)[C@@H]3CCCN(N3)C2=O)C(C)C)C1. The number of cyclic esters (lactones) is 1. The van der Waals surface area contributed by atoms with Crippen molar-refractivity contribution in [3.63, 3.8) is 0 Å². The molecular formula is C52H67N7O9. The number of phenolic OH excluding ortho intramolecular Hbond substituents is 1. The Morgan fingerprint density at radius 3 is 2.54 bits per heavy atom.